The molecule has 0 bridgehead atoms. The molecule has 15 heavy (non-hydrogen) atoms. The van der Waals surface area contributed by atoms with Crippen molar-refractivity contribution >= 4 is 32.9 Å². The van der Waals surface area contributed by atoms with Crippen LogP contribution < -0.4 is 11.0 Å². The number of hydrazone groups is 1. The Labute approximate surface area is 92.0 Å². The van der Waals surface area contributed by atoms with Crippen molar-refractivity contribution in [2.24, 2.45) is 10.9 Å². The Bertz CT molecular complexity index is 444. The first-order valence-electron chi connectivity index (χ1n) is 4.74. The second-order valence-electron chi connectivity index (χ2n) is 3.02. The van der Waals surface area contributed by atoms with Crippen LogP contribution in [0.2, 0.25) is 0 Å². The number of benzene rings is 1. The van der Waals surface area contributed by atoms with E-state index >= 15 is 0 Å². The first-order valence-corrected chi connectivity index (χ1v) is 5.55. The topological polar surface area (TPSA) is 54.5 Å². The molecule has 1 aromatic heterocycles. The molecule has 0 saturated carbocycles. The summed E-state index contributed by atoms with van der Waals surface area (Å²) in [6, 6.07) is 7.93. The van der Waals surface area contributed by atoms with Crippen molar-refractivity contribution in [3.05, 3.63) is 24.3 Å². The Morgan fingerprint density at radius 1 is 1.53 bits per heavy atom. The van der Waals surface area contributed by atoms with Crippen LogP contribution in [-0.4, -0.2) is 11.2 Å². The van der Waals surface area contributed by atoms with E-state index in [9.17, 15) is 0 Å². The Balaban J connectivity index is 2.32. The summed E-state index contributed by atoms with van der Waals surface area (Å²) in [5.74, 6) is 5.73. The van der Waals surface area contributed by atoms with Gasteiger partial charge in [-0.1, -0.05) is 30.4 Å². The second kappa shape index (κ2) is 4.37. The van der Waals surface area contributed by atoms with Crippen LogP contribution in [0, 0.1) is 0 Å². The van der Waals surface area contributed by atoms with Gasteiger partial charge >= 0.3 is 0 Å². The Hall–Kier alpha value is -1.46. The van der Waals surface area contributed by atoms with Crippen LogP contribution in [0.5, 0.6) is 0 Å². The molecule has 2 N–H and O–H groups in total. The zero-order valence-electron chi connectivity index (χ0n) is 8.42. The standard InChI is InChI=1S/C10H12N4S/c1-2-7-12-14(11)10-13-8-5-3-4-6-9(8)15-10/h3-7H,2,11H2,1H3/b12-7+. The normalized spacial score (nSPS) is 11.3. The molecule has 2 aromatic rings. The van der Waals surface area contributed by atoms with E-state index in [1.54, 1.807) is 6.21 Å². The molecule has 0 radical (unpaired) electrons. The van der Waals surface area contributed by atoms with Gasteiger partial charge in [-0.05, 0) is 18.6 Å². The number of thiazole rings is 1. The van der Waals surface area contributed by atoms with Gasteiger partial charge in [0.1, 0.15) is 0 Å². The zero-order chi connectivity index (χ0) is 10.7. The van der Waals surface area contributed by atoms with E-state index in [0.29, 0.717) is 5.13 Å². The number of fused-ring (bicyclic) bond motifs is 1. The fourth-order valence-corrected chi connectivity index (χ4v) is 2.02. The van der Waals surface area contributed by atoms with Gasteiger partial charge in [0.25, 0.3) is 0 Å². The molecule has 0 fully saturated rings. The maximum Gasteiger partial charge on any atom is 0.222 e. The number of para-hydroxylation sites is 1. The van der Waals surface area contributed by atoms with Crippen LogP contribution >= 0.6 is 11.3 Å². The van der Waals surface area contributed by atoms with Crippen molar-refractivity contribution in [3.63, 3.8) is 0 Å². The first kappa shape index (κ1) is 10.1. The molecule has 0 saturated heterocycles. The molecule has 0 spiro atoms. The van der Waals surface area contributed by atoms with Gasteiger partial charge in [-0.25, -0.2) is 10.8 Å². The van der Waals surface area contributed by atoms with E-state index < -0.39 is 0 Å². The number of hydrazine groups is 1. The van der Waals surface area contributed by atoms with Gasteiger partial charge in [-0.3, -0.25) is 0 Å². The molecule has 5 heteroatoms. The molecule has 1 aromatic carbocycles. The quantitative estimate of drug-likeness (QED) is 0.491. The molecule has 0 atom stereocenters. The van der Waals surface area contributed by atoms with Crippen LogP contribution in [0.15, 0.2) is 29.4 Å². The van der Waals surface area contributed by atoms with Crippen molar-refractivity contribution in [3.8, 4) is 0 Å². The lowest BCUT2D eigenvalue weighted by molar-refractivity contribution is 0.918. The van der Waals surface area contributed by atoms with E-state index in [4.69, 9.17) is 5.84 Å². The van der Waals surface area contributed by atoms with Crippen molar-refractivity contribution in [2.75, 3.05) is 5.12 Å². The van der Waals surface area contributed by atoms with Crippen LogP contribution in [-0.2, 0) is 0 Å². The number of nitrogens with zero attached hydrogens (tertiary/aromatic N) is 3. The number of rotatable bonds is 3. The third-order valence-electron chi connectivity index (χ3n) is 1.87. The lowest BCUT2D eigenvalue weighted by atomic mass is 10.3. The zero-order valence-corrected chi connectivity index (χ0v) is 9.24. The third kappa shape index (κ3) is 2.14. The van der Waals surface area contributed by atoms with Gasteiger partial charge in [0.15, 0.2) is 0 Å². The highest BCUT2D eigenvalue weighted by Gasteiger charge is 2.06. The Morgan fingerprint density at radius 3 is 3.07 bits per heavy atom. The van der Waals surface area contributed by atoms with Crippen LogP contribution in [0.25, 0.3) is 10.2 Å². The molecule has 4 nitrogen and oxygen atoms in total. The summed E-state index contributed by atoms with van der Waals surface area (Å²) in [5, 5.41) is 6.06. The average Bonchev–Trinajstić information content (AvgIpc) is 2.69. The molecule has 0 aliphatic rings. The minimum absolute atomic E-state index is 0.709. The SMILES string of the molecule is CC/C=N/N(N)c1nc2ccccc2s1. The Kier molecular flexibility index (Phi) is 2.94. The van der Waals surface area contributed by atoms with Crippen LogP contribution in [0.3, 0.4) is 0 Å². The number of hydrogen-bond acceptors (Lipinski definition) is 5. The molecular weight excluding hydrogens is 208 g/mol. The molecule has 78 valence electrons. The van der Waals surface area contributed by atoms with Gasteiger partial charge in [0, 0.05) is 6.21 Å². The summed E-state index contributed by atoms with van der Waals surface area (Å²) < 4.78 is 1.12. The number of nitrogens with two attached hydrogens (primary N) is 1. The lowest BCUT2D eigenvalue weighted by Crippen LogP contribution is -2.24. The maximum atomic E-state index is 5.73. The average molecular weight is 220 g/mol. The van der Waals surface area contributed by atoms with Gasteiger partial charge in [-0.15, -0.1) is 0 Å². The van der Waals surface area contributed by atoms with E-state index in [1.165, 1.54) is 16.5 Å². The fourth-order valence-electron chi connectivity index (χ4n) is 1.18. The lowest BCUT2D eigenvalue weighted by Gasteiger charge is -2.05. The molecule has 0 aliphatic heterocycles. The summed E-state index contributed by atoms with van der Waals surface area (Å²) in [6.45, 7) is 2.01. The molecule has 0 unspecified atom stereocenters. The highest BCUT2D eigenvalue weighted by molar-refractivity contribution is 7.22. The van der Waals surface area contributed by atoms with E-state index in [1.807, 2.05) is 31.2 Å². The number of hydrogen-bond donors (Lipinski definition) is 1. The van der Waals surface area contributed by atoms with Crippen LogP contribution in [0.1, 0.15) is 13.3 Å². The van der Waals surface area contributed by atoms with Gasteiger partial charge in [0.2, 0.25) is 5.13 Å². The van der Waals surface area contributed by atoms with Crippen molar-refractivity contribution in [1.29, 1.82) is 0 Å². The molecule has 1 heterocycles. The van der Waals surface area contributed by atoms with Crippen molar-refractivity contribution < 1.29 is 0 Å². The summed E-state index contributed by atoms with van der Waals surface area (Å²) in [5.41, 5.74) is 0.958. The summed E-state index contributed by atoms with van der Waals surface area (Å²) in [4.78, 5) is 4.37. The smallest absolute Gasteiger partial charge is 0.222 e. The van der Waals surface area contributed by atoms with Crippen LogP contribution in [0.4, 0.5) is 5.13 Å². The minimum atomic E-state index is 0.709. The van der Waals surface area contributed by atoms with Gasteiger partial charge < -0.3 is 0 Å². The first-order chi connectivity index (χ1) is 7.31. The predicted octanol–water partition coefficient (Wildman–Crippen LogP) is 2.37. The van der Waals surface area contributed by atoms with Gasteiger partial charge in [-0.2, -0.15) is 10.2 Å². The van der Waals surface area contributed by atoms with E-state index in [0.717, 1.165) is 16.6 Å². The maximum absolute atomic E-state index is 5.73. The van der Waals surface area contributed by atoms with E-state index in [2.05, 4.69) is 10.1 Å². The summed E-state index contributed by atoms with van der Waals surface area (Å²) >= 11 is 1.53. The predicted molar refractivity (Wildman–Crippen MR) is 65.1 cm³/mol. The monoisotopic (exact) mass is 220 g/mol. The largest absolute Gasteiger partial charge is 0.224 e. The minimum Gasteiger partial charge on any atom is -0.224 e. The highest BCUT2D eigenvalue weighted by Crippen LogP contribution is 2.26. The summed E-state index contributed by atoms with van der Waals surface area (Å²) in [7, 11) is 0. The Morgan fingerprint density at radius 2 is 2.33 bits per heavy atom. The third-order valence-corrected chi connectivity index (χ3v) is 2.89. The summed E-state index contributed by atoms with van der Waals surface area (Å²) in [6.07, 6.45) is 2.62. The van der Waals surface area contributed by atoms with Gasteiger partial charge in [0.05, 0.1) is 10.2 Å². The molecule has 0 aliphatic carbocycles. The van der Waals surface area contributed by atoms with E-state index in [-0.39, 0.29) is 0 Å². The number of anilines is 1. The second-order valence-corrected chi connectivity index (χ2v) is 4.02. The van der Waals surface area contributed by atoms with Crippen molar-refractivity contribution in [2.45, 2.75) is 13.3 Å². The fraction of sp³-hybridized carbons (Fsp3) is 0.200. The highest BCUT2D eigenvalue weighted by atomic mass is 32.1. The molecule has 2 rings (SSSR count). The molecular formula is C10H12N4S. The van der Waals surface area contributed by atoms with Crippen molar-refractivity contribution in [1.82, 2.24) is 4.98 Å². The number of aromatic nitrogens is 1. The molecule has 0 amide bonds.